The van der Waals surface area contributed by atoms with Crippen LogP contribution in [0.4, 0.5) is 11.4 Å². The SMILES string of the molecule is C.C.CC(C)(C)c1ccc(S(=O)(=O)Nc2ccc(C#N)c3c2C(=O)N(Cc2cccnc2)C3=O)cc1.CC(C)(C)c1ccc(S(=O)(=O)Nc2ccc(Cl)c3c2C(=O)N(Cc2cccnc2)C3=O)cc1. The number of carbonyl (C=O) groups excluding carboxylic acids is 4. The van der Waals surface area contributed by atoms with Crippen molar-refractivity contribution in [1.82, 2.24) is 19.8 Å². The van der Waals surface area contributed by atoms with Crippen LogP contribution >= 0.6 is 11.6 Å². The van der Waals surface area contributed by atoms with Crippen LogP contribution in [0.15, 0.2) is 132 Å². The second-order valence-electron chi connectivity index (χ2n) is 17.7. The second-order valence-corrected chi connectivity index (χ2v) is 21.5. The molecule has 15 nitrogen and oxygen atoms in total. The van der Waals surface area contributed by atoms with Crippen molar-refractivity contribution in [3.63, 3.8) is 0 Å². The Morgan fingerprint density at radius 2 is 0.928 bits per heavy atom. The van der Waals surface area contributed by atoms with E-state index < -0.39 is 43.7 Å². The molecule has 0 fully saturated rings. The number of anilines is 2. The number of amides is 4. The highest BCUT2D eigenvalue weighted by Crippen LogP contribution is 2.37. The summed E-state index contributed by atoms with van der Waals surface area (Å²) in [5, 5.41) is 9.57. The zero-order chi connectivity index (χ0) is 48.6. The number of benzene rings is 4. The summed E-state index contributed by atoms with van der Waals surface area (Å²) in [6.07, 6.45) is 6.24. The van der Waals surface area contributed by atoms with Crippen molar-refractivity contribution in [2.45, 2.75) is 90.1 Å². The lowest BCUT2D eigenvalue weighted by Gasteiger charge is -2.19. The lowest BCUT2D eigenvalue weighted by molar-refractivity contribution is 0.0627. The van der Waals surface area contributed by atoms with Crippen molar-refractivity contribution in [2.75, 3.05) is 9.44 Å². The quantitative estimate of drug-likeness (QED) is 0.123. The number of rotatable bonds is 10. The predicted octanol–water partition coefficient (Wildman–Crippen LogP) is 9.75. The maximum absolute atomic E-state index is 13.2. The Hall–Kier alpha value is -7.26. The van der Waals surface area contributed by atoms with Gasteiger partial charge >= 0.3 is 0 Å². The first-order valence-electron chi connectivity index (χ1n) is 20.7. The van der Waals surface area contributed by atoms with Gasteiger partial charge in [0.2, 0.25) is 0 Å². The van der Waals surface area contributed by atoms with E-state index in [0.29, 0.717) is 11.1 Å². The van der Waals surface area contributed by atoms with Gasteiger partial charge in [0.15, 0.2) is 0 Å². The van der Waals surface area contributed by atoms with E-state index in [1.54, 1.807) is 67.1 Å². The standard InChI is InChI=1S/C25H22N4O4S.C24H22ClN3O4S.2CH4/c1-25(2,3)18-7-9-19(10-8-18)34(32,33)28-20-11-6-17(13-26)21-22(20)24(31)29(23(21)30)15-16-5-4-12-27-14-16;1-24(2,3)16-6-8-17(9-7-16)33(31,32)27-19-11-10-18(25)20-21(19)23(30)28(22(20)29)14-15-5-4-12-26-13-15;;/h4-12,14,28H,15H2,1-3H3;4-13,27H,14H2,1-3H3;2*1H4. The number of sulfonamides is 2. The molecule has 358 valence electrons. The van der Waals surface area contributed by atoms with Gasteiger partial charge in [-0.3, -0.25) is 48.4 Å². The van der Waals surface area contributed by atoms with Crippen LogP contribution in [0.2, 0.25) is 5.02 Å². The van der Waals surface area contributed by atoms with Crippen LogP contribution in [0.1, 0.15) is 126 Å². The van der Waals surface area contributed by atoms with E-state index in [4.69, 9.17) is 11.6 Å². The molecule has 0 bridgehead atoms. The summed E-state index contributed by atoms with van der Waals surface area (Å²) in [5.41, 5.74) is 2.58. The molecule has 2 N–H and O–H groups in total. The van der Waals surface area contributed by atoms with Crippen molar-refractivity contribution < 1.29 is 36.0 Å². The van der Waals surface area contributed by atoms with Gasteiger partial charge in [-0.1, -0.05) is 104 Å². The summed E-state index contributed by atoms with van der Waals surface area (Å²) in [6.45, 7) is 12.1. The highest BCUT2D eigenvalue weighted by atomic mass is 35.5. The maximum Gasteiger partial charge on any atom is 0.264 e. The van der Waals surface area contributed by atoms with Gasteiger partial charge in [-0.05, 0) is 93.7 Å². The Kier molecular flexibility index (Phi) is 15.4. The van der Waals surface area contributed by atoms with Gasteiger partial charge in [0, 0.05) is 24.8 Å². The first-order chi connectivity index (χ1) is 31.5. The molecule has 8 rings (SSSR count). The van der Waals surface area contributed by atoms with Crippen molar-refractivity contribution in [1.29, 1.82) is 5.26 Å². The average molecular weight is 991 g/mol. The fourth-order valence-electron chi connectivity index (χ4n) is 7.35. The third kappa shape index (κ3) is 10.9. The fraction of sp³-hybridized carbons (Fsp3) is 0.235. The maximum atomic E-state index is 13.2. The number of nitrogens with one attached hydrogen (secondary N) is 2. The molecule has 0 aliphatic carbocycles. The number of nitrogens with zero attached hydrogens (tertiary/aromatic N) is 5. The predicted molar refractivity (Wildman–Crippen MR) is 265 cm³/mol. The van der Waals surface area contributed by atoms with Crippen LogP contribution in [0.5, 0.6) is 0 Å². The largest absolute Gasteiger partial charge is 0.279 e. The van der Waals surface area contributed by atoms with Crippen LogP contribution in [-0.2, 0) is 44.0 Å². The Morgan fingerprint density at radius 3 is 1.30 bits per heavy atom. The lowest BCUT2D eigenvalue weighted by Crippen LogP contribution is -2.29. The van der Waals surface area contributed by atoms with E-state index in [9.17, 15) is 41.3 Å². The molecule has 2 aromatic heterocycles. The minimum Gasteiger partial charge on any atom is -0.279 e. The molecule has 4 heterocycles. The van der Waals surface area contributed by atoms with E-state index in [-0.39, 0.29) is 92.8 Å². The Bertz CT molecular complexity index is 3220. The fourth-order valence-corrected chi connectivity index (χ4v) is 9.74. The molecule has 4 aromatic carbocycles. The number of hydrogen-bond donors (Lipinski definition) is 2. The Morgan fingerprint density at radius 1 is 0.551 bits per heavy atom. The summed E-state index contributed by atoms with van der Waals surface area (Å²) in [6, 6.07) is 27.2. The molecule has 0 saturated heterocycles. The summed E-state index contributed by atoms with van der Waals surface area (Å²) in [4.78, 5) is 62.5. The minimum atomic E-state index is -4.06. The van der Waals surface area contributed by atoms with Crippen molar-refractivity contribution in [3.8, 4) is 6.07 Å². The average Bonchev–Trinajstić information content (AvgIpc) is 3.69. The van der Waals surface area contributed by atoms with E-state index in [1.165, 1.54) is 54.7 Å². The van der Waals surface area contributed by atoms with Crippen molar-refractivity contribution in [3.05, 3.63) is 177 Å². The molecule has 0 spiro atoms. The van der Waals surface area contributed by atoms with Gasteiger partial charge in [0.05, 0.1) is 73.2 Å². The molecule has 6 aromatic rings. The number of nitriles is 1. The van der Waals surface area contributed by atoms with Crippen molar-refractivity contribution >= 4 is 66.7 Å². The van der Waals surface area contributed by atoms with Gasteiger partial charge in [-0.2, -0.15) is 5.26 Å². The van der Waals surface area contributed by atoms with E-state index in [0.717, 1.165) is 20.9 Å². The molecule has 0 radical (unpaired) electrons. The summed E-state index contributed by atoms with van der Waals surface area (Å²) in [7, 11) is -8.07. The molecule has 2 aliphatic rings. The number of aromatic nitrogens is 2. The molecule has 18 heteroatoms. The highest BCUT2D eigenvalue weighted by Gasteiger charge is 2.42. The zero-order valence-corrected chi connectivity index (χ0v) is 39.5. The van der Waals surface area contributed by atoms with Crippen molar-refractivity contribution in [2.24, 2.45) is 0 Å². The molecular weight excluding hydrogens is 938 g/mol. The third-order valence-electron chi connectivity index (χ3n) is 11.0. The van der Waals surface area contributed by atoms with Crippen LogP contribution in [0.3, 0.4) is 0 Å². The third-order valence-corrected chi connectivity index (χ3v) is 14.1. The van der Waals surface area contributed by atoms with Gasteiger partial charge in [0.25, 0.3) is 43.7 Å². The normalized spacial score (nSPS) is 13.3. The van der Waals surface area contributed by atoms with E-state index in [1.807, 2.05) is 47.6 Å². The molecule has 0 unspecified atom stereocenters. The number of pyridine rings is 2. The topological polar surface area (TPSA) is 217 Å². The Balaban J connectivity index is 0.000000250. The van der Waals surface area contributed by atoms with Crippen LogP contribution in [0, 0.1) is 11.3 Å². The molecule has 2 aliphatic heterocycles. The first-order valence-corrected chi connectivity index (χ1v) is 24.0. The Labute approximate surface area is 408 Å². The summed E-state index contributed by atoms with van der Waals surface area (Å²) in [5.74, 6) is -2.54. The smallest absolute Gasteiger partial charge is 0.264 e. The zero-order valence-electron chi connectivity index (χ0n) is 37.2. The van der Waals surface area contributed by atoms with Gasteiger partial charge in [-0.25, -0.2) is 16.8 Å². The van der Waals surface area contributed by atoms with E-state index in [2.05, 4.69) is 19.4 Å². The molecule has 4 amide bonds. The number of imide groups is 2. The molecular formula is C51H52ClN7O8S2. The number of halogens is 1. The second kappa shape index (κ2) is 20.1. The molecule has 0 saturated carbocycles. The first kappa shape index (κ1) is 52.7. The van der Waals surface area contributed by atoms with Gasteiger partial charge < -0.3 is 0 Å². The number of hydrogen-bond acceptors (Lipinski definition) is 11. The highest BCUT2D eigenvalue weighted by molar-refractivity contribution is 7.93. The van der Waals surface area contributed by atoms with Crippen LogP contribution in [0.25, 0.3) is 0 Å². The van der Waals surface area contributed by atoms with E-state index >= 15 is 0 Å². The van der Waals surface area contributed by atoms with Crippen LogP contribution in [-0.4, -0.2) is 60.2 Å². The minimum absolute atomic E-state index is 0. The van der Waals surface area contributed by atoms with Crippen LogP contribution < -0.4 is 9.44 Å². The number of fused-ring (bicyclic) bond motifs is 2. The molecule has 0 atom stereocenters. The monoisotopic (exact) mass is 989 g/mol. The number of carbonyl (C=O) groups is 4. The van der Waals surface area contributed by atoms with Gasteiger partial charge in [-0.15, -0.1) is 0 Å². The molecule has 69 heavy (non-hydrogen) atoms. The summed E-state index contributed by atoms with van der Waals surface area (Å²) < 4.78 is 57.1. The van der Waals surface area contributed by atoms with Gasteiger partial charge in [0.1, 0.15) is 0 Å². The summed E-state index contributed by atoms with van der Waals surface area (Å²) >= 11 is 6.23. The lowest BCUT2D eigenvalue weighted by atomic mass is 9.87.